The first kappa shape index (κ1) is 14.8. The molecule has 0 atom stereocenters. The Labute approximate surface area is 130 Å². The number of nitrogens with zero attached hydrogens (tertiary/aromatic N) is 1. The molecule has 0 aliphatic rings. The van der Waals surface area contributed by atoms with Crippen molar-refractivity contribution in [3.8, 4) is 0 Å². The smallest absolute Gasteiger partial charge is 0.338 e. The van der Waals surface area contributed by atoms with Crippen LogP contribution in [0.1, 0.15) is 15.9 Å². The molecule has 2 rings (SSSR count). The first-order valence-corrected chi connectivity index (χ1v) is 7.00. The number of aromatic nitrogens is 1. The summed E-state index contributed by atoms with van der Waals surface area (Å²) in [5.41, 5.74) is 2.05. The molecule has 0 fully saturated rings. The van der Waals surface area contributed by atoms with Crippen molar-refractivity contribution in [1.29, 1.82) is 0 Å². The second kappa shape index (κ2) is 6.72. The summed E-state index contributed by atoms with van der Waals surface area (Å²) in [6.07, 6.45) is 1.62. The normalized spacial score (nSPS) is 10.2. The van der Waals surface area contributed by atoms with Crippen molar-refractivity contribution in [2.75, 3.05) is 12.4 Å². The highest BCUT2D eigenvalue weighted by Crippen LogP contribution is 2.24. The number of nitrogens with one attached hydrogen (secondary N) is 1. The molecule has 0 saturated heterocycles. The lowest BCUT2D eigenvalue weighted by molar-refractivity contribution is 0.0599. The van der Waals surface area contributed by atoms with E-state index in [2.05, 4.69) is 26.2 Å². The minimum atomic E-state index is -0.360. The summed E-state index contributed by atoms with van der Waals surface area (Å²) >= 11 is 9.34. The van der Waals surface area contributed by atoms with Gasteiger partial charge in [0.15, 0.2) is 5.15 Å². The van der Waals surface area contributed by atoms with Crippen LogP contribution in [-0.2, 0) is 11.3 Å². The van der Waals surface area contributed by atoms with E-state index in [1.807, 2.05) is 18.2 Å². The van der Waals surface area contributed by atoms with E-state index in [9.17, 15) is 4.79 Å². The van der Waals surface area contributed by atoms with Crippen molar-refractivity contribution < 1.29 is 9.53 Å². The fraction of sp³-hybridized carbons (Fsp3) is 0.143. The Hall–Kier alpha value is -1.59. The maximum atomic E-state index is 11.7. The minimum absolute atomic E-state index is 0.360. The van der Waals surface area contributed by atoms with Crippen LogP contribution in [0.4, 0.5) is 5.69 Å². The number of carbonyl (C=O) groups excluding carboxylic acids is 1. The number of hydrogen-bond donors (Lipinski definition) is 1. The Morgan fingerprint density at radius 3 is 2.95 bits per heavy atom. The van der Waals surface area contributed by atoms with Crippen molar-refractivity contribution in [3.63, 3.8) is 0 Å². The van der Waals surface area contributed by atoms with E-state index in [-0.39, 0.29) is 5.97 Å². The van der Waals surface area contributed by atoms with E-state index in [1.54, 1.807) is 18.3 Å². The molecule has 0 bridgehead atoms. The van der Waals surface area contributed by atoms with Crippen molar-refractivity contribution in [2.24, 2.45) is 0 Å². The average molecular weight is 356 g/mol. The highest BCUT2D eigenvalue weighted by Gasteiger charge is 2.11. The summed E-state index contributed by atoms with van der Waals surface area (Å²) in [6.45, 7) is 0.448. The van der Waals surface area contributed by atoms with Gasteiger partial charge < -0.3 is 10.1 Å². The summed E-state index contributed by atoms with van der Waals surface area (Å²) in [7, 11) is 1.36. The second-order valence-electron chi connectivity index (χ2n) is 3.99. The van der Waals surface area contributed by atoms with Crippen LogP contribution in [0.15, 0.2) is 41.0 Å². The average Bonchev–Trinajstić information content (AvgIpc) is 2.47. The van der Waals surface area contributed by atoms with Crippen LogP contribution in [0.2, 0.25) is 5.15 Å². The minimum Gasteiger partial charge on any atom is -0.465 e. The lowest BCUT2D eigenvalue weighted by atomic mass is 10.1. The molecule has 0 amide bonds. The molecule has 104 valence electrons. The lowest BCUT2D eigenvalue weighted by Crippen LogP contribution is -2.09. The molecule has 0 unspecified atom stereocenters. The van der Waals surface area contributed by atoms with E-state index < -0.39 is 0 Å². The SMILES string of the molecule is COC(=O)c1ccccc1CNc1cc(Br)cnc1Cl. The highest BCUT2D eigenvalue weighted by atomic mass is 79.9. The Morgan fingerprint density at radius 1 is 1.45 bits per heavy atom. The van der Waals surface area contributed by atoms with Gasteiger partial charge in [-0.15, -0.1) is 0 Å². The van der Waals surface area contributed by atoms with Gasteiger partial charge in [-0.05, 0) is 33.6 Å². The number of esters is 1. The number of benzene rings is 1. The molecule has 0 aliphatic heterocycles. The van der Waals surface area contributed by atoms with Gasteiger partial charge in [0.2, 0.25) is 0 Å². The van der Waals surface area contributed by atoms with Crippen molar-refractivity contribution >= 4 is 39.2 Å². The van der Waals surface area contributed by atoms with Crippen LogP contribution in [-0.4, -0.2) is 18.1 Å². The number of pyridine rings is 1. The van der Waals surface area contributed by atoms with E-state index in [4.69, 9.17) is 16.3 Å². The van der Waals surface area contributed by atoms with Crippen LogP contribution in [0.3, 0.4) is 0 Å². The third-order valence-corrected chi connectivity index (χ3v) is 3.43. The quantitative estimate of drug-likeness (QED) is 0.667. The molecule has 2 aromatic rings. The molecule has 0 aliphatic carbocycles. The number of rotatable bonds is 4. The molecule has 1 aromatic heterocycles. The molecule has 4 nitrogen and oxygen atoms in total. The Balaban J connectivity index is 2.19. The largest absolute Gasteiger partial charge is 0.465 e. The van der Waals surface area contributed by atoms with Crippen molar-refractivity contribution in [1.82, 2.24) is 4.98 Å². The van der Waals surface area contributed by atoms with Gasteiger partial charge in [-0.1, -0.05) is 29.8 Å². The molecule has 1 N–H and O–H groups in total. The predicted octanol–water partition coefficient (Wildman–Crippen LogP) is 3.90. The molecule has 20 heavy (non-hydrogen) atoms. The van der Waals surface area contributed by atoms with Crippen molar-refractivity contribution in [2.45, 2.75) is 6.54 Å². The van der Waals surface area contributed by atoms with E-state index in [0.29, 0.717) is 22.9 Å². The number of ether oxygens (including phenoxy) is 1. The Morgan fingerprint density at radius 2 is 2.20 bits per heavy atom. The molecule has 1 heterocycles. The Kier molecular flexibility index (Phi) is 4.98. The standard InChI is InChI=1S/C14H12BrClN2O2/c1-20-14(19)11-5-3-2-4-9(11)7-17-12-6-10(15)8-18-13(12)16/h2-6,8,17H,7H2,1H3. The van der Waals surface area contributed by atoms with E-state index in [1.165, 1.54) is 7.11 Å². The lowest BCUT2D eigenvalue weighted by Gasteiger charge is -2.11. The number of methoxy groups -OCH3 is 1. The summed E-state index contributed by atoms with van der Waals surface area (Å²) in [6, 6.07) is 9.08. The molecule has 6 heteroatoms. The first-order valence-electron chi connectivity index (χ1n) is 5.83. The molecule has 0 saturated carbocycles. The molecular formula is C14H12BrClN2O2. The predicted molar refractivity (Wildman–Crippen MR) is 82.1 cm³/mol. The van der Waals surface area contributed by atoms with Crippen LogP contribution in [0.25, 0.3) is 0 Å². The fourth-order valence-corrected chi connectivity index (χ4v) is 2.22. The number of halogens is 2. The topological polar surface area (TPSA) is 51.2 Å². The number of hydrogen-bond acceptors (Lipinski definition) is 4. The fourth-order valence-electron chi connectivity index (χ4n) is 1.72. The van der Waals surface area contributed by atoms with Gasteiger partial charge in [-0.2, -0.15) is 0 Å². The van der Waals surface area contributed by atoms with Gasteiger partial charge in [-0.25, -0.2) is 9.78 Å². The second-order valence-corrected chi connectivity index (χ2v) is 5.27. The molecule has 0 spiro atoms. The number of anilines is 1. The summed E-state index contributed by atoms with van der Waals surface area (Å²) in [4.78, 5) is 15.7. The van der Waals surface area contributed by atoms with E-state index >= 15 is 0 Å². The van der Waals surface area contributed by atoms with Gasteiger partial charge in [0, 0.05) is 17.2 Å². The van der Waals surface area contributed by atoms with Crippen LogP contribution in [0, 0.1) is 0 Å². The summed E-state index contributed by atoms with van der Waals surface area (Å²) in [5.74, 6) is -0.360. The van der Waals surface area contributed by atoms with Crippen LogP contribution in [0.5, 0.6) is 0 Å². The Bertz CT molecular complexity index is 634. The van der Waals surface area contributed by atoms with Crippen molar-refractivity contribution in [3.05, 3.63) is 57.3 Å². The molecule has 1 aromatic carbocycles. The van der Waals surface area contributed by atoms with E-state index in [0.717, 1.165) is 10.0 Å². The zero-order valence-electron chi connectivity index (χ0n) is 10.7. The third kappa shape index (κ3) is 3.49. The molecule has 0 radical (unpaired) electrons. The summed E-state index contributed by atoms with van der Waals surface area (Å²) < 4.78 is 5.58. The first-order chi connectivity index (χ1) is 9.61. The number of carbonyl (C=O) groups is 1. The summed E-state index contributed by atoms with van der Waals surface area (Å²) in [5, 5.41) is 3.54. The van der Waals surface area contributed by atoms with Gasteiger partial charge in [-0.3, -0.25) is 0 Å². The van der Waals surface area contributed by atoms with Gasteiger partial charge in [0.1, 0.15) is 0 Å². The monoisotopic (exact) mass is 354 g/mol. The molecular weight excluding hydrogens is 344 g/mol. The zero-order chi connectivity index (χ0) is 14.5. The van der Waals surface area contributed by atoms with Gasteiger partial charge >= 0.3 is 5.97 Å². The maximum absolute atomic E-state index is 11.7. The maximum Gasteiger partial charge on any atom is 0.338 e. The van der Waals surface area contributed by atoms with Crippen LogP contribution >= 0.6 is 27.5 Å². The van der Waals surface area contributed by atoms with Gasteiger partial charge in [0.25, 0.3) is 0 Å². The highest BCUT2D eigenvalue weighted by molar-refractivity contribution is 9.10. The van der Waals surface area contributed by atoms with Gasteiger partial charge in [0.05, 0.1) is 18.4 Å². The third-order valence-electron chi connectivity index (χ3n) is 2.70. The van der Waals surface area contributed by atoms with Crippen LogP contribution < -0.4 is 5.32 Å². The zero-order valence-corrected chi connectivity index (χ0v) is 13.0.